The average Bonchev–Trinajstić information content (AvgIpc) is 3.22. The van der Waals surface area contributed by atoms with Gasteiger partial charge < -0.3 is 9.80 Å². The number of thiophene rings is 1. The van der Waals surface area contributed by atoms with Crippen LogP contribution in [-0.4, -0.2) is 41.1 Å². The van der Waals surface area contributed by atoms with E-state index in [1.54, 1.807) is 17.7 Å². The number of piperazine rings is 1. The Balaban J connectivity index is 1.45. The lowest BCUT2D eigenvalue weighted by atomic mass is 10.1. The lowest BCUT2D eigenvalue weighted by molar-refractivity contribution is 0.650. The van der Waals surface area contributed by atoms with Gasteiger partial charge >= 0.3 is 0 Å². The molecule has 4 aromatic rings. The van der Waals surface area contributed by atoms with Crippen molar-refractivity contribution in [3.05, 3.63) is 53.8 Å². The van der Waals surface area contributed by atoms with Gasteiger partial charge in [-0.05, 0) is 23.6 Å². The maximum atomic E-state index is 9.34. The Morgan fingerprint density at radius 2 is 1.78 bits per heavy atom. The lowest BCUT2D eigenvalue weighted by Crippen LogP contribution is -2.47. The molecule has 1 fully saturated rings. The van der Waals surface area contributed by atoms with E-state index >= 15 is 0 Å². The number of benzene rings is 1. The highest BCUT2D eigenvalue weighted by Crippen LogP contribution is 2.30. The first-order valence-corrected chi connectivity index (χ1v) is 9.69. The summed E-state index contributed by atoms with van der Waals surface area (Å²) < 4.78 is 0. The number of rotatable bonds is 2. The first-order chi connectivity index (χ1) is 13.3. The van der Waals surface area contributed by atoms with Gasteiger partial charge in [-0.3, -0.25) is 0 Å². The van der Waals surface area contributed by atoms with Crippen LogP contribution in [0.4, 0.5) is 11.5 Å². The summed E-state index contributed by atoms with van der Waals surface area (Å²) in [5.74, 6) is 1.01. The van der Waals surface area contributed by atoms with Gasteiger partial charge in [-0.25, -0.2) is 15.0 Å². The fourth-order valence-electron chi connectivity index (χ4n) is 3.66. The van der Waals surface area contributed by atoms with Crippen LogP contribution in [0.3, 0.4) is 0 Å². The molecule has 1 aliphatic rings. The first-order valence-electron chi connectivity index (χ1n) is 8.81. The van der Waals surface area contributed by atoms with Crippen LogP contribution in [0.5, 0.6) is 0 Å². The third-order valence-corrected chi connectivity index (χ3v) is 5.79. The number of hydrogen-bond acceptors (Lipinski definition) is 7. The zero-order valence-electron chi connectivity index (χ0n) is 14.5. The molecule has 0 bridgehead atoms. The van der Waals surface area contributed by atoms with Crippen molar-refractivity contribution < 1.29 is 0 Å². The van der Waals surface area contributed by atoms with Crippen molar-refractivity contribution in [3.63, 3.8) is 0 Å². The molecule has 4 heterocycles. The normalized spacial score (nSPS) is 14.6. The highest BCUT2D eigenvalue weighted by molar-refractivity contribution is 7.16. The van der Waals surface area contributed by atoms with Crippen LogP contribution in [0.15, 0.2) is 48.1 Å². The van der Waals surface area contributed by atoms with Crippen LogP contribution < -0.4 is 9.80 Å². The van der Waals surface area contributed by atoms with Crippen LogP contribution >= 0.6 is 11.3 Å². The Hall–Kier alpha value is -3.24. The molecule has 5 rings (SSSR count). The first kappa shape index (κ1) is 16.0. The Bertz CT molecular complexity index is 1170. The summed E-state index contributed by atoms with van der Waals surface area (Å²) in [7, 11) is 0. The molecule has 0 aliphatic carbocycles. The van der Waals surface area contributed by atoms with Gasteiger partial charge in [-0.15, -0.1) is 11.3 Å². The largest absolute Gasteiger partial charge is 0.367 e. The monoisotopic (exact) mass is 372 g/mol. The molecule has 7 heteroatoms. The van der Waals surface area contributed by atoms with Crippen molar-refractivity contribution in [3.8, 4) is 6.07 Å². The molecule has 1 aliphatic heterocycles. The van der Waals surface area contributed by atoms with Crippen molar-refractivity contribution in [2.75, 3.05) is 36.0 Å². The van der Waals surface area contributed by atoms with E-state index in [0.717, 1.165) is 58.8 Å². The summed E-state index contributed by atoms with van der Waals surface area (Å²) in [5, 5.41) is 13.6. The SMILES string of the molecule is N#Cc1cc(N2CCN(c3ncnc4sccc34)CC2)c2ccccc2n1. The third kappa shape index (κ3) is 2.75. The Morgan fingerprint density at radius 3 is 2.63 bits per heavy atom. The zero-order chi connectivity index (χ0) is 18.2. The minimum atomic E-state index is 0.460. The van der Waals surface area contributed by atoms with Gasteiger partial charge in [0, 0.05) is 37.3 Å². The van der Waals surface area contributed by atoms with Gasteiger partial charge in [-0.2, -0.15) is 5.26 Å². The van der Waals surface area contributed by atoms with Crippen molar-refractivity contribution in [2.45, 2.75) is 0 Å². The van der Waals surface area contributed by atoms with Crippen molar-refractivity contribution >= 4 is 44.0 Å². The van der Waals surface area contributed by atoms with E-state index in [1.165, 1.54) is 0 Å². The second-order valence-corrected chi connectivity index (χ2v) is 7.36. The van der Waals surface area contributed by atoms with Crippen molar-refractivity contribution in [1.82, 2.24) is 15.0 Å². The molecule has 132 valence electrons. The number of anilines is 2. The highest BCUT2D eigenvalue weighted by Gasteiger charge is 2.22. The quantitative estimate of drug-likeness (QED) is 0.537. The number of aromatic nitrogens is 3. The summed E-state index contributed by atoms with van der Waals surface area (Å²) in [4.78, 5) is 19.0. The van der Waals surface area contributed by atoms with E-state index in [-0.39, 0.29) is 0 Å². The van der Waals surface area contributed by atoms with E-state index < -0.39 is 0 Å². The number of pyridine rings is 1. The second kappa shape index (κ2) is 6.49. The zero-order valence-corrected chi connectivity index (χ0v) is 15.4. The van der Waals surface area contributed by atoms with E-state index in [1.807, 2.05) is 24.3 Å². The Labute approximate surface area is 160 Å². The van der Waals surface area contributed by atoms with Gasteiger partial charge in [0.2, 0.25) is 0 Å². The molecule has 0 saturated carbocycles. The standard InChI is InChI=1S/C20H16N6S/c21-12-14-11-18(15-3-1-2-4-17(15)24-14)25-6-8-26(9-7-25)19-16-5-10-27-20(16)23-13-22-19/h1-5,10-11,13H,6-9H2. The molecule has 0 spiro atoms. The molecule has 0 N–H and O–H groups in total. The average molecular weight is 372 g/mol. The van der Waals surface area contributed by atoms with Crippen LogP contribution in [0, 0.1) is 11.3 Å². The topological polar surface area (TPSA) is 68.9 Å². The summed E-state index contributed by atoms with van der Waals surface area (Å²) in [6.45, 7) is 3.49. The molecule has 0 amide bonds. The van der Waals surface area contributed by atoms with E-state index in [0.29, 0.717) is 5.69 Å². The summed E-state index contributed by atoms with van der Waals surface area (Å²) in [5.41, 5.74) is 2.41. The fraction of sp³-hybridized carbons (Fsp3) is 0.200. The molecule has 0 unspecified atom stereocenters. The minimum Gasteiger partial charge on any atom is -0.367 e. The van der Waals surface area contributed by atoms with Gasteiger partial charge in [0.15, 0.2) is 0 Å². The number of para-hydroxylation sites is 1. The molecule has 0 atom stereocenters. The summed E-state index contributed by atoms with van der Waals surface area (Å²) in [6.07, 6.45) is 1.65. The van der Waals surface area contributed by atoms with Crippen LogP contribution in [-0.2, 0) is 0 Å². The molecule has 1 aromatic carbocycles. The van der Waals surface area contributed by atoms with Crippen LogP contribution in [0.25, 0.3) is 21.1 Å². The summed E-state index contributed by atoms with van der Waals surface area (Å²) in [6, 6.07) is 14.2. The third-order valence-electron chi connectivity index (χ3n) is 4.97. The van der Waals surface area contributed by atoms with Crippen LogP contribution in [0.1, 0.15) is 5.69 Å². The van der Waals surface area contributed by atoms with Gasteiger partial charge in [0.25, 0.3) is 0 Å². The number of nitrogens with zero attached hydrogens (tertiary/aromatic N) is 6. The van der Waals surface area contributed by atoms with Crippen LogP contribution in [0.2, 0.25) is 0 Å². The Kier molecular flexibility index (Phi) is 3.84. The predicted molar refractivity (Wildman–Crippen MR) is 108 cm³/mol. The number of fused-ring (bicyclic) bond motifs is 2. The molecule has 6 nitrogen and oxygen atoms in total. The van der Waals surface area contributed by atoms with Crippen molar-refractivity contribution in [2.24, 2.45) is 0 Å². The smallest absolute Gasteiger partial charge is 0.143 e. The molecule has 1 saturated heterocycles. The van der Waals surface area contributed by atoms with Crippen molar-refractivity contribution in [1.29, 1.82) is 5.26 Å². The van der Waals surface area contributed by atoms with E-state index in [4.69, 9.17) is 0 Å². The number of hydrogen-bond donors (Lipinski definition) is 0. The van der Waals surface area contributed by atoms with Gasteiger partial charge in [0.05, 0.1) is 10.9 Å². The lowest BCUT2D eigenvalue weighted by Gasteiger charge is -2.37. The van der Waals surface area contributed by atoms with E-state index in [9.17, 15) is 5.26 Å². The van der Waals surface area contributed by atoms with Gasteiger partial charge in [0.1, 0.15) is 28.7 Å². The maximum Gasteiger partial charge on any atom is 0.143 e. The molecule has 0 radical (unpaired) electrons. The predicted octanol–water partition coefficient (Wildman–Crippen LogP) is 3.44. The highest BCUT2D eigenvalue weighted by atomic mass is 32.1. The Morgan fingerprint density at radius 1 is 0.963 bits per heavy atom. The fourth-order valence-corrected chi connectivity index (χ4v) is 4.39. The molecule has 27 heavy (non-hydrogen) atoms. The molecule has 3 aromatic heterocycles. The van der Waals surface area contributed by atoms with Gasteiger partial charge in [-0.1, -0.05) is 18.2 Å². The summed E-state index contributed by atoms with van der Waals surface area (Å²) >= 11 is 1.64. The maximum absolute atomic E-state index is 9.34. The molecular formula is C20H16N6S. The second-order valence-electron chi connectivity index (χ2n) is 6.47. The molecular weight excluding hydrogens is 356 g/mol. The number of nitriles is 1. The van der Waals surface area contributed by atoms with E-state index in [2.05, 4.69) is 48.3 Å². The minimum absolute atomic E-state index is 0.460.